The van der Waals surface area contributed by atoms with Crippen LogP contribution in [0.3, 0.4) is 0 Å². The SMILES string of the molecule is CCN(CC)CC1CC[C@@H]2C[C@H]1C2(C)C. The minimum Gasteiger partial charge on any atom is -0.304 e. The second-order valence-corrected chi connectivity index (χ2v) is 6.18. The van der Waals surface area contributed by atoms with Gasteiger partial charge in [0.15, 0.2) is 0 Å². The van der Waals surface area contributed by atoms with Crippen molar-refractivity contribution < 1.29 is 0 Å². The molecule has 0 aromatic rings. The Kier molecular flexibility index (Phi) is 3.12. The van der Waals surface area contributed by atoms with Gasteiger partial charge in [0.05, 0.1) is 0 Å². The van der Waals surface area contributed by atoms with Gasteiger partial charge in [-0.05, 0) is 55.5 Å². The van der Waals surface area contributed by atoms with Gasteiger partial charge in [0.25, 0.3) is 0 Å². The number of rotatable bonds is 4. The minimum atomic E-state index is 0.663. The van der Waals surface area contributed by atoms with E-state index >= 15 is 0 Å². The molecule has 0 aromatic heterocycles. The summed E-state index contributed by atoms with van der Waals surface area (Å²) < 4.78 is 0. The third kappa shape index (κ3) is 1.84. The Morgan fingerprint density at radius 2 is 1.80 bits per heavy atom. The highest BCUT2D eigenvalue weighted by Crippen LogP contribution is 2.61. The lowest BCUT2D eigenvalue weighted by atomic mass is 9.45. The number of fused-ring (bicyclic) bond motifs is 2. The standard InChI is InChI=1S/C14H27N/c1-5-15(6-2)10-11-7-8-12-9-13(11)14(12,3)4/h11-13H,5-10H2,1-4H3/t11?,12-,13-/m1/s1. The first-order valence-electron chi connectivity index (χ1n) is 6.81. The molecule has 3 atom stereocenters. The van der Waals surface area contributed by atoms with Crippen molar-refractivity contribution in [2.75, 3.05) is 19.6 Å². The van der Waals surface area contributed by atoms with Gasteiger partial charge in [-0.1, -0.05) is 27.7 Å². The van der Waals surface area contributed by atoms with Crippen LogP contribution in [0.25, 0.3) is 0 Å². The van der Waals surface area contributed by atoms with Gasteiger partial charge in [-0.3, -0.25) is 0 Å². The summed E-state index contributed by atoms with van der Waals surface area (Å²) in [5.41, 5.74) is 0.663. The molecule has 0 amide bonds. The van der Waals surface area contributed by atoms with Crippen LogP contribution in [0.4, 0.5) is 0 Å². The molecule has 0 saturated heterocycles. The molecular formula is C14H27N. The summed E-state index contributed by atoms with van der Waals surface area (Å²) in [6.45, 7) is 13.4. The van der Waals surface area contributed by atoms with E-state index in [9.17, 15) is 0 Å². The van der Waals surface area contributed by atoms with Crippen LogP contribution in [0.1, 0.15) is 47.0 Å². The quantitative estimate of drug-likeness (QED) is 0.686. The van der Waals surface area contributed by atoms with Crippen molar-refractivity contribution in [3.8, 4) is 0 Å². The zero-order valence-electron chi connectivity index (χ0n) is 10.9. The molecule has 2 bridgehead atoms. The predicted molar refractivity (Wildman–Crippen MR) is 65.9 cm³/mol. The van der Waals surface area contributed by atoms with Crippen LogP contribution in [0, 0.1) is 23.2 Å². The molecule has 0 radical (unpaired) electrons. The lowest BCUT2D eigenvalue weighted by Crippen LogP contribution is -2.54. The fourth-order valence-electron chi connectivity index (χ4n) is 3.99. The van der Waals surface area contributed by atoms with E-state index in [-0.39, 0.29) is 0 Å². The van der Waals surface area contributed by atoms with Gasteiger partial charge in [0.1, 0.15) is 0 Å². The Balaban J connectivity index is 1.93. The molecule has 3 saturated carbocycles. The van der Waals surface area contributed by atoms with Gasteiger partial charge in [-0.25, -0.2) is 0 Å². The first-order valence-corrected chi connectivity index (χ1v) is 6.81. The molecule has 0 spiro atoms. The Hall–Kier alpha value is -0.0400. The molecule has 0 heterocycles. The van der Waals surface area contributed by atoms with E-state index < -0.39 is 0 Å². The normalized spacial score (nSPS) is 37.8. The van der Waals surface area contributed by atoms with E-state index in [1.165, 1.54) is 38.9 Å². The van der Waals surface area contributed by atoms with Crippen LogP contribution >= 0.6 is 0 Å². The van der Waals surface area contributed by atoms with Gasteiger partial charge in [0.2, 0.25) is 0 Å². The predicted octanol–water partition coefficient (Wildman–Crippen LogP) is 3.40. The van der Waals surface area contributed by atoms with Gasteiger partial charge in [-0.2, -0.15) is 0 Å². The van der Waals surface area contributed by atoms with Crippen molar-refractivity contribution in [2.45, 2.75) is 47.0 Å². The highest BCUT2D eigenvalue weighted by molar-refractivity contribution is 5.03. The fraction of sp³-hybridized carbons (Fsp3) is 1.00. The molecule has 1 heteroatoms. The molecule has 3 fully saturated rings. The maximum Gasteiger partial charge on any atom is 0.00123 e. The van der Waals surface area contributed by atoms with E-state index in [1.54, 1.807) is 0 Å². The zero-order valence-corrected chi connectivity index (χ0v) is 10.9. The Bertz CT molecular complexity index is 215. The average molecular weight is 209 g/mol. The van der Waals surface area contributed by atoms with Crippen LogP contribution in [0.5, 0.6) is 0 Å². The first kappa shape index (κ1) is 11.4. The molecule has 0 aromatic carbocycles. The Morgan fingerprint density at radius 3 is 2.27 bits per heavy atom. The fourth-order valence-corrected chi connectivity index (χ4v) is 3.99. The number of hydrogen-bond acceptors (Lipinski definition) is 1. The summed E-state index contributed by atoms with van der Waals surface area (Å²) in [5, 5.41) is 0. The summed E-state index contributed by atoms with van der Waals surface area (Å²) in [6, 6.07) is 0. The maximum atomic E-state index is 2.61. The van der Waals surface area contributed by atoms with E-state index in [4.69, 9.17) is 0 Å². The molecule has 15 heavy (non-hydrogen) atoms. The second-order valence-electron chi connectivity index (χ2n) is 6.18. The minimum absolute atomic E-state index is 0.663. The smallest absolute Gasteiger partial charge is 0.00123 e. The molecule has 1 unspecified atom stereocenters. The topological polar surface area (TPSA) is 3.24 Å². The van der Waals surface area contributed by atoms with Crippen LogP contribution < -0.4 is 0 Å². The second kappa shape index (κ2) is 4.08. The van der Waals surface area contributed by atoms with Crippen molar-refractivity contribution in [1.29, 1.82) is 0 Å². The Labute approximate surface area is 95.2 Å². The summed E-state index contributed by atoms with van der Waals surface area (Å²) in [6.07, 6.45) is 4.52. The molecule has 3 aliphatic rings. The molecule has 88 valence electrons. The molecule has 0 N–H and O–H groups in total. The summed E-state index contributed by atoms with van der Waals surface area (Å²) in [7, 11) is 0. The lowest BCUT2D eigenvalue weighted by Gasteiger charge is -2.60. The maximum absolute atomic E-state index is 2.61. The molecule has 1 nitrogen and oxygen atoms in total. The zero-order chi connectivity index (χ0) is 11.1. The van der Waals surface area contributed by atoms with Gasteiger partial charge < -0.3 is 4.90 Å². The molecule has 3 rings (SSSR count). The van der Waals surface area contributed by atoms with Gasteiger partial charge in [0, 0.05) is 6.54 Å². The van der Waals surface area contributed by atoms with Crippen molar-refractivity contribution in [2.24, 2.45) is 23.2 Å². The van der Waals surface area contributed by atoms with Crippen LogP contribution in [-0.4, -0.2) is 24.5 Å². The van der Waals surface area contributed by atoms with E-state index in [0.717, 1.165) is 17.8 Å². The molecular weight excluding hydrogens is 182 g/mol. The number of hydrogen-bond donors (Lipinski definition) is 0. The largest absolute Gasteiger partial charge is 0.304 e. The third-order valence-corrected chi connectivity index (χ3v) is 5.39. The van der Waals surface area contributed by atoms with E-state index in [1.807, 2.05) is 0 Å². The number of nitrogens with zero attached hydrogens (tertiary/aromatic N) is 1. The van der Waals surface area contributed by atoms with Crippen LogP contribution in [0.15, 0.2) is 0 Å². The third-order valence-electron chi connectivity index (χ3n) is 5.39. The van der Waals surface area contributed by atoms with E-state index in [0.29, 0.717) is 5.41 Å². The van der Waals surface area contributed by atoms with Crippen molar-refractivity contribution >= 4 is 0 Å². The lowest BCUT2D eigenvalue weighted by molar-refractivity contribution is -0.111. The highest BCUT2D eigenvalue weighted by atomic mass is 15.1. The average Bonchev–Trinajstić information content (AvgIpc) is 2.25. The summed E-state index contributed by atoms with van der Waals surface area (Å²) in [4.78, 5) is 2.61. The van der Waals surface area contributed by atoms with Crippen LogP contribution in [0.2, 0.25) is 0 Å². The monoisotopic (exact) mass is 209 g/mol. The van der Waals surface area contributed by atoms with Crippen molar-refractivity contribution in [3.63, 3.8) is 0 Å². The van der Waals surface area contributed by atoms with Crippen LogP contribution in [-0.2, 0) is 0 Å². The first-order chi connectivity index (χ1) is 7.09. The van der Waals surface area contributed by atoms with Gasteiger partial charge in [-0.15, -0.1) is 0 Å². The van der Waals surface area contributed by atoms with Gasteiger partial charge >= 0.3 is 0 Å². The summed E-state index contributed by atoms with van der Waals surface area (Å²) >= 11 is 0. The van der Waals surface area contributed by atoms with E-state index in [2.05, 4.69) is 32.6 Å². The molecule has 0 aliphatic heterocycles. The van der Waals surface area contributed by atoms with Crippen molar-refractivity contribution in [1.82, 2.24) is 4.90 Å². The summed E-state index contributed by atoms with van der Waals surface area (Å²) in [5.74, 6) is 3.07. The highest BCUT2D eigenvalue weighted by Gasteiger charge is 2.53. The Morgan fingerprint density at radius 1 is 1.13 bits per heavy atom. The van der Waals surface area contributed by atoms with Crippen molar-refractivity contribution in [3.05, 3.63) is 0 Å². The molecule has 3 aliphatic carbocycles.